The first kappa shape index (κ1) is 17.1. The van der Waals surface area contributed by atoms with Gasteiger partial charge in [-0.1, -0.05) is 30.3 Å². The highest BCUT2D eigenvalue weighted by Crippen LogP contribution is 2.15. The molecule has 24 heavy (non-hydrogen) atoms. The van der Waals surface area contributed by atoms with Crippen LogP contribution in [0.5, 0.6) is 0 Å². The molecular formula is C15H16N4O5. The lowest BCUT2D eigenvalue weighted by Crippen LogP contribution is -2.36. The molecule has 1 atom stereocenters. The number of rotatable bonds is 6. The van der Waals surface area contributed by atoms with E-state index >= 15 is 0 Å². The number of aryl methyl sites for hydroxylation is 1. The number of benzene rings is 1. The minimum Gasteiger partial charge on any atom is -0.467 e. The first-order valence-corrected chi connectivity index (χ1v) is 7.02. The van der Waals surface area contributed by atoms with Crippen molar-refractivity contribution in [2.45, 2.75) is 19.5 Å². The van der Waals surface area contributed by atoms with Crippen LogP contribution in [0.15, 0.2) is 36.5 Å². The van der Waals surface area contributed by atoms with Gasteiger partial charge in [-0.15, -0.1) is 0 Å². The second-order valence-corrected chi connectivity index (χ2v) is 4.97. The third kappa shape index (κ3) is 3.94. The molecule has 9 heteroatoms. The fourth-order valence-corrected chi connectivity index (χ4v) is 2.14. The molecule has 0 saturated carbocycles. The Morgan fingerprint density at radius 1 is 1.38 bits per heavy atom. The molecule has 1 unspecified atom stereocenters. The van der Waals surface area contributed by atoms with Crippen LogP contribution in [0.2, 0.25) is 0 Å². The zero-order chi connectivity index (χ0) is 17.7. The van der Waals surface area contributed by atoms with Crippen molar-refractivity contribution >= 4 is 17.7 Å². The maximum Gasteiger partial charge on any atom is 0.381 e. The van der Waals surface area contributed by atoms with E-state index in [1.165, 1.54) is 17.9 Å². The Morgan fingerprint density at radius 3 is 2.58 bits per heavy atom. The summed E-state index contributed by atoms with van der Waals surface area (Å²) in [5.41, 5.74) is 0.575. The molecule has 0 aliphatic rings. The number of nitrogens with zero attached hydrogens (tertiary/aromatic N) is 3. The number of carbonyl (C=O) groups excluding carboxylic acids is 2. The highest BCUT2D eigenvalue weighted by Gasteiger charge is 2.24. The monoisotopic (exact) mass is 332 g/mol. The maximum atomic E-state index is 12.2. The molecule has 0 fully saturated rings. The highest BCUT2D eigenvalue weighted by atomic mass is 16.6. The quantitative estimate of drug-likeness (QED) is 0.481. The van der Waals surface area contributed by atoms with E-state index in [1.807, 2.05) is 0 Å². The third-order valence-corrected chi connectivity index (χ3v) is 3.34. The second-order valence-electron chi connectivity index (χ2n) is 4.97. The smallest absolute Gasteiger partial charge is 0.381 e. The molecule has 9 nitrogen and oxygen atoms in total. The van der Waals surface area contributed by atoms with Crippen molar-refractivity contribution in [3.8, 4) is 0 Å². The van der Waals surface area contributed by atoms with E-state index in [4.69, 9.17) is 4.74 Å². The molecule has 2 rings (SSSR count). The van der Waals surface area contributed by atoms with Gasteiger partial charge in [0.1, 0.15) is 12.7 Å². The Labute approximate surface area is 137 Å². The largest absolute Gasteiger partial charge is 0.467 e. The summed E-state index contributed by atoms with van der Waals surface area (Å²) in [6, 6.07) is 7.68. The number of amides is 1. The van der Waals surface area contributed by atoms with Crippen molar-refractivity contribution in [1.29, 1.82) is 0 Å². The molecule has 1 aromatic heterocycles. The van der Waals surface area contributed by atoms with Crippen molar-refractivity contribution < 1.29 is 19.2 Å². The number of hydrogen-bond acceptors (Lipinski definition) is 6. The van der Waals surface area contributed by atoms with Gasteiger partial charge in [0.2, 0.25) is 11.7 Å². The highest BCUT2D eigenvalue weighted by molar-refractivity contribution is 5.85. The molecular weight excluding hydrogens is 316 g/mol. The number of nitro groups is 1. The average Bonchev–Trinajstić information content (AvgIpc) is 2.94. The van der Waals surface area contributed by atoms with Crippen molar-refractivity contribution in [3.05, 3.63) is 58.0 Å². The standard InChI is InChI=1S/C15H16N4O5/c1-10-16-12(19(22)23)8-18(10)9-13(20)17-14(15(21)24-2)11-6-4-3-5-7-11/h3-8,14H,9H2,1-2H3,(H,17,20). The number of esters is 1. The predicted octanol–water partition coefficient (Wildman–Crippen LogP) is 1.13. The van der Waals surface area contributed by atoms with Crippen LogP contribution in [-0.2, 0) is 20.9 Å². The lowest BCUT2D eigenvalue weighted by atomic mass is 10.1. The molecule has 0 aliphatic carbocycles. The molecule has 126 valence electrons. The van der Waals surface area contributed by atoms with Crippen LogP contribution in [0, 0.1) is 17.0 Å². The lowest BCUT2D eigenvalue weighted by molar-refractivity contribution is -0.389. The summed E-state index contributed by atoms with van der Waals surface area (Å²) in [5, 5.41) is 13.3. The SMILES string of the molecule is COC(=O)C(NC(=O)Cn1cc([N+](=O)[O-])nc1C)c1ccccc1. The summed E-state index contributed by atoms with van der Waals surface area (Å²) < 4.78 is 6.06. The maximum absolute atomic E-state index is 12.2. The van der Waals surface area contributed by atoms with Crippen molar-refractivity contribution in [2.75, 3.05) is 7.11 Å². The number of nitrogens with one attached hydrogen (secondary N) is 1. The van der Waals surface area contributed by atoms with E-state index in [0.717, 1.165) is 0 Å². The first-order valence-electron chi connectivity index (χ1n) is 7.02. The molecule has 0 saturated heterocycles. The minimum absolute atomic E-state index is 0.201. The Balaban J connectivity index is 2.14. The van der Waals surface area contributed by atoms with E-state index in [1.54, 1.807) is 37.3 Å². The van der Waals surface area contributed by atoms with Crippen molar-refractivity contribution in [2.24, 2.45) is 0 Å². The average molecular weight is 332 g/mol. The molecule has 2 aromatic rings. The van der Waals surface area contributed by atoms with Crippen LogP contribution in [0.1, 0.15) is 17.4 Å². The van der Waals surface area contributed by atoms with Crippen LogP contribution in [0.3, 0.4) is 0 Å². The topological polar surface area (TPSA) is 116 Å². The first-order chi connectivity index (χ1) is 11.4. The Morgan fingerprint density at radius 2 is 2.04 bits per heavy atom. The molecule has 1 aromatic carbocycles. The van der Waals surface area contributed by atoms with Crippen molar-refractivity contribution in [1.82, 2.24) is 14.9 Å². The van der Waals surface area contributed by atoms with Gasteiger partial charge in [0.15, 0.2) is 6.04 Å². The van der Waals surface area contributed by atoms with E-state index in [-0.39, 0.29) is 12.4 Å². The number of aromatic nitrogens is 2. The summed E-state index contributed by atoms with van der Waals surface area (Å²) >= 11 is 0. The Bertz CT molecular complexity index is 756. The fraction of sp³-hybridized carbons (Fsp3) is 0.267. The van der Waals surface area contributed by atoms with Gasteiger partial charge in [-0.25, -0.2) is 4.79 Å². The Hall–Kier alpha value is -3.23. The van der Waals surface area contributed by atoms with Gasteiger partial charge in [0, 0.05) is 6.92 Å². The Kier molecular flexibility index (Phi) is 5.25. The van der Waals surface area contributed by atoms with Gasteiger partial charge in [0.05, 0.1) is 7.11 Å². The summed E-state index contributed by atoms with van der Waals surface area (Å²) in [6.45, 7) is 1.35. The summed E-state index contributed by atoms with van der Waals surface area (Å²) in [7, 11) is 1.23. The van der Waals surface area contributed by atoms with Gasteiger partial charge in [-0.3, -0.25) is 9.36 Å². The summed E-state index contributed by atoms with van der Waals surface area (Å²) in [5.74, 6) is -1.12. The number of imidazole rings is 1. The molecule has 0 bridgehead atoms. The van der Waals surface area contributed by atoms with Crippen molar-refractivity contribution in [3.63, 3.8) is 0 Å². The molecule has 0 radical (unpaired) electrons. The molecule has 0 aliphatic heterocycles. The van der Waals surface area contributed by atoms with E-state index in [0.29, 0.717) is 11.4 Å². The van der Waals surface area contributed by atoms with E-state index in [9.17, 15) is 19.7 Å². The van der Waals surface area contributed by atoms with Gasteiger partial charge in [0.25, 0.3) is 0 Å². The third-order valence-electron chi connectivity index (χ3n) is 3.34. The van der Waals surface area contributed by atoms with Crippen LogP contribution >= 0.6 is 0 Å². The summed E-state index contributed by atoms with van der Waals surface area (Å²) in [4.78, 5) is 37.9. The number of hydrogen-bond donors (Lipinski definition) is 1. The zero-order valence-electron chi connectivity index (χ0n) is 13.1. The van der Waals surface area contributed by atoms with Crippen LogP contribution in [-0.4, -0.2) is 33.5 Å². The number of carbonyl (C=O) groups is 2. The van der Waals surface area contributed by atoms with Gasteiger partial charge in [-0.05, 0) is 15.5 Å². The van der Waals surface area contributed by atoms with Crippen LogP contribution < -0.4 is 5.32 Å². The second kappa shape index (κ2) is 7.36. The number of methoxy groups -OCH3 is 1. The van der Waals surface area contributed by atoms with E-state index in [2.05, 4.69) is 10.3 Å². The number of ether oxygens (including phenoxy) is 1. The predicted molar refractivity (Wildman–Crippen MR) is 83.0 cm³/mol. The molecule has 1 amide bonds. The van der Waals surface area contributed by atoms with Gasteiger partial charge >= 0.3 is 11.8 Å². The normalized spacial score (nSPS) is 11.6. The molecule has 1 N–H and O–H groups in total. The zero-order valence-corrected chi connectivity index (χ0v) is 13.1. The minimum atomic E-state index is -0.956. The molecule has 1 heterocycles. The summed E-state index contributed by atoms with van der Waals surface area (Å²) in [6.07, 6.45) is 1.17. The molecule has 0 spiro atoms. The lowest BCUT2D eigenvalue weighted by Gasteiger charge is -2.17. The van der Waals surface area contributed by atoms with Crippen LogP contribution in [0.4, 0.5) is 5.82 Å². The van der Waals surface area contributed by atoms with Gasteiger partial charge < -0.3 is 20.2 Å². The van der Waals surface area contributed by atoms with Crippen LogP contribution in [0.25, 0.3) is 0 Å². The van der Waals surface area contributed by atoms with E-state index < -0.39 is 22.8 Å². The van der Waals surface area contributed by atoms with Gasteiger partial charge in [-0.2, -0.15) is 0 Å². The fourth-order valence-electron chi connectivity index (χ4n) is 2.14.